The molecule has 1 amide bonds. The predicted molar refractivity (Wildman–Crippen MR) is 65.0 cm³/mol. The first-order valence-corrected chi connectivity index (χ1v) is 6.75. The van der Waals surface area contributed by atoms with Crippen LogP contribution < -0.4 is 11.1 Å². The van der Waals surface area contributed by atoms with Crippen LogP contribution in [-0.2, 0) is 9.84 Å². The van der Waals surface area contributed by atoms with E-state index in [9.17, 15) is 13.2 Å². The number of sulfone groups is 1. The number of nitrogens with one attached hydrogen (secondary N) is 1. The Kier molecular flexibility index (Phi) is 2.89. The van der Waals surface area contributed by atoms with Crippen molar-refractivity contribution in [2.24, 2.45) is 0 Å². The first kappa shape index (κ1) is 11.7. The lowest BCUT2D eigenvalue weighted by Gasteiger charge is -2.10. The van der Waals surface area contributed by atoms with Gasteiger partial charge >= 0.3 is 0 Å². The number of anilines is 1. The average molecular weight is 252 g/mol. The number of hydrogen-bond acceptors (Lipinski definition) is 4. The molecule has 1 aromatic carbocycles. The minimum Gasteiger partial charge on any atom is -0.399 e. The van der Waals surface area contributed by atoms with Gasteiger partial charge in [0.15, 0.2) is 9.84 Å². The second-order valence-corrected chi connectivity index (χ2v) is 5.79. The standard InChI is InChI=1S/C11H12N2O3S/c12-9-3-1-2-8(6-9)11(14)13-10-4-5-17(15,16)7-10/h1-6,10H,7,12H2,(H,13,14). The number of benzene rings is 1. The first-order chi connectivity index (χ1) is 7.96. The van der Waals surface area contributed by atoms with E-state index in [-0.39, 0.29) is 11.7 Å². The van der Waals surface area contributed by atoms with Gasteiger partial charge < -0.3 is 11.1 Å². The summed E-state index contributed by atoms with van der Waals surface area (Å²) in [5, 5.41) is 3.74. The molecule has 1 aliphatic rings. The summed E-state index contributed by atoms with van der Waals surface area (Å²) in [6.45, 7) is 0. The molecule has 5 nitrogen and oxygen atoms in total. The molecular formula is C11H12N2O3S. The van der Waals surface area contributed by atoms with Crippen LogP contribution in [0.1, 0.15) is 10.4 Å². The normalized spacial score (nSPS) is 21.3. The van der Waals surface area contributed by atoms with Crippen molar-refractivity contribution in [3.63, 3.8) is 0 Å². The number of nitrogen functional groups attached to an aromatic ring is 1. The van der Waals surface area contributed by atoms with E-state index in [1.165, 1.54) is 6.08 Å². The maximum atomic E-state index is 11.8. The number of nitrogens with two attached hydrogens (primary N) is 1. The molecule has 0 aromatic heterocycles. The molecule has 1 atom stereocenters. The summed E-state index contributed by atoms with van der Waals surface area (Å²) in [4.78, 5) is 11.8. The molecule has 0 fully saturated rings. The van der Waals surface area contributed by atoms with E-state index in [0.717, 1.165) is 5.41 Å². The van der Waals surface area contributed by atoms with Gasteiger partial charge in [-0.2, -0.15) is 0 Å². The van der Waals surface area contributed by atoms with E-state index in [2.05, 4.69) is 5.32 Å². The summed E-state index contributed by atoms with van der Waals surface area (Å²) >= 11 is 0. The van der Waals surface area contributed by atoms with E-state index < -0.39 is 15.9 Å². The van der Waals surface area contributed by atoms with Crippen LogP contribution in [0.15, 0.2) is 35.7 Å². The molecule has 1 aromatic rings. The number of rotatable bonds is 2. The van der Waals surface area contributed by atoms with Crippen LogP contribution in [0.5, 0.6) is 0 Å². The largest absolute Gasteiger partial charge is 0.399 e. The van der Waals surface area contributed by atoms with Crippen LogP contribution in [0.3, 0.4) is 0 Å². The van der Waals surface area contributed by atoms with Crippen molar-refractivity contribution in [3.05, 3.63) is 41.3 Å². The molecular weight excluding hydrogens is 240 g/mol. The lowest BCUT2D eigenvalue weighted by molar-refractivity contribution is 0.0947. The van der Waals surface area contributed by atoms with Gasteiger partial charge in [-0.3, -0.25) is 4.79 Å². The van der Waals surface area contributed by atoms with Gasteiger partial charge in [0.25, 0.3) is 5.91 Å². The fourth-order valence-electron chi connectivity index (χ4n) is 1.60. The second-order valence-electron chi connectivity index (χ2n) is 3.86. The summed E-state index contributed by atoms with van der Waals surface area (Å²) in [5.41, 5.74) is 6.47. The van der Waals surface area contributed by atoms with Gasteiger partial charge in [0.1, 0.15) is 0 Å². The van der Waals surface area contributed by atoms with Gasteiger partial charge in [0.2, 0.25) is 0 Å². The molecule has 2 rings (SSSR count). The smallest absolute Gasteiger partial charge is 0.251 e. The van der Waals surface area contributed by atoms with Crippen LogP contribution in [0.4, 0.5) is 5.69 Å². The highest BCUT2D eigenvalue weighted by Gasteiger charge is 2.23. The van der Waals surface area contributed by atoms with Crippen molar-refractivity contribution < 1.29 is 13.2 Å². The number of hydrogen-bond donors (Lipinski definition) is 2. The Bertz CT molecular complexity index is 578. The van der Waals surface area contributed by atoms with E-state index in [1.807, 2.05) is 0 Å². The SMILES string of the molecule is Nc1cccc(C(=O)NC2C=CS(=O)(=O)C2)c1. The van der Waals surface area contributed by atoms with Crippen LogP contribution in [0.25, 0.3) is 0 Å². The third-order valence-corrected chi connectivity index (χ3v) is 3.79. The van der Waals surface area contributed by atoms with Crippen LogP contribution >= 0.6 is 0 Å². The van der Waals surface area contributed by atoms with Gasteiger partial charge in [0, 0.05) is 16.7 Å². The minimum absolute atomic E-state index is 0.0823. The molecule has 0 saturated heterocycles. The third kappa shape index (κ3) is 2.85. The van der Waals surface area contributed by atoms with Crippen molar-refractivity contribution in [1.82, 2.24) is 5.32 Å². The fourth-order valence-corrected chi connectivity index (χ4v) is 2.83. The summed E-state index contributed by atoms with van der Waals surface area (Å²) in [7, 11) is -3.15. The molecule has 1 unspecified atom stereocenters. The van der Waals surface area contributed by atoms with Gasteiger partial charge in [-0.15, -0.1) is 0 Å². The summed E-state index contributed by atoms with van der Waals surface area (Å²) in [6, 6.07) is 6.05. The van der Waals surface area contributed by atoms with Gasteiger partial charge in [0.05, 0.1) is 11.8 Å². The zero-order valence-corrected chi connectivity index (χ0v) is 9.78. The number of carbonyl (C=O) groups excluding carboxylic acids is 1. The van der Waals surface area contributed by atoms with Crippen molar-refractivity contribution in [2.75, 3.05) is 11.5 Å². The quantitative estimate of drug-likeness (QED) is 0.741. The predicted octanol–water partition coefficient (Wildman–Crippen LogP) is 0.309. The molecule has 1 heterocycles. The molecule has 0 radical (unpaired) electrons. The maximum absolute atomic E-state index is 11.8. The molecule has 6 heteroatoms. The molecule has 0 spiro atoms. The van der Waals surface area contributed by atoms with Crippen molar-refractivity contribution >= 4 is 21.4 Å². The topological polar surface area (TPSA) is 89.3 Å². The first-order valence-electron chi connectivity index (χ1n) is 5.04. The van der Waals surface area contributed by atoms with E-state index in [1.54, 1.807) is 24.3 Å². The second kappa shape index (κ2) is 4.21. The zero-order valence-electron chi connectivity index (χ0n) is 8.96. The molecule has 3 N–H and O–H groups in total. The minimum atomic E-state index is -3.15. The molecule has 0 saturated carbocycles. The highest BCUT2D eigenvalue weighted by Crippen LogP contribution is 2.10. The molecule has 0 aliphatic carbocycles. The highest BCUT2D eigenvalue weighted by molar-refractivity contribution is 7.94. The Morgan fingerprint density at radius 2 is 2.18 bits per heavy atom. The lowest BCUT2D eigenvalue weighted by atomic mass is 10.2. The third-order valence-electron chi connectivity index (χ3n) is 2.40. The Labute approximate surface area is 99.2 Å². The molecule has 0 bridgehead atoms. The van der Waals surface area contributed by atoms with Crippen LogP contribution in [-0.4, -0.2) is 26.1 Å². The van der Waals surface area contributed by atoms with Gasteiger partial charge in [-0.05, 0) is 24.3 Å². The monoisotopic (exact) mass is 252 g/mol. The summed E-state index contributed by atoms with van der Waals surface area (Å²) < 4.78 is 22.3. The number of carbonyl (C=O) groups is 1. The van der Waals surface area contributed by atoms with Crippen molar-refractivity contribution in [1.29, 1.82) is 0 Å². The maximum Gasteiger partial charge on any atom is 0.251 e. The Morgan fingerprint density at radius 3 is 2.76 bits per heavy atom. The Hall–Kier alpha value is -1.82. The number of amides is 1. The van der Waals surface area contributed by atoms with Crippen molar-refractivity contribution in [2.45, 2.75) is 6.04 Å². The fraction of sp³-hybridized carbons (Fsp3) is 0.182. The van der Waals surface area contributed by atoms with Crippen LogP contribution in [0, 0.1) is 0 Å². The molecule has 17 heavy (non-hydrogen) atoms. The van der Waals surface area contributed by atoms with E-state index in [0.29, 0.717) is 11.3 Å². The van der Waals surface area contributed by atoms with E-state index in [4.69, 9.17) is 5.73 Å². The molecule has 1 aliphatic heterocycles. The average Bonchev–Trinajstić information content (AvgIpc) is 2.58. The summed E-state index contributed by atoms with van der Waals surface area (Å²) in [5.74, 6) is -0.412. The zero-order chi connectivity index (χ0) is 12.5. The Balaban J connectivity index is 2.06. The summed E-state index contributed by atoms with van der Waals surface area (Å²) in [6.07, 6.45) is 1.47. The molecule has 90 valence electrons. The van der Waals surface area contributed by atoms with Crippen molar-refractivity contribution in [3.8, 4) is 0 Å². The van der Waals surface area contributed by atoms with Gasteiger partial charge in [-0.25, -0.2) is 8.42 Å². The highest BCUT2D eigenvalue weighted by atomic mass is 32.2. The van der Waals surface area contributed by atoms with Gasteiger partial charge in [-0.1, -0.05) is 6.07 Å². The lowest BCUT2D eigenvalue weighted by Crippen LogP contribution is -2.35. The van der Waals surface area contributed by atoms with Crippen LogP contribution in [0.2, 0.25) is 0 Å². The Morgan fingerprint density at radius 1 is 1.41 bits per heavy atom. The van der Waals surface area contributed by atoms with E-state index >= 15 is 0 Å².